The van der Waals surface area contributed by atoms with Crippen LogP contribution in [-0.2, 0) is 0 Å². The fourth-order valence-electron chi connectivity index (χ4n) is 2.90. The van der Waals surface area contributed by atoms with Gasteiger partial charge in [-0.3, -0.25) is 9.69 Å². The van der Waals surface area contributed by atoms with Gasteiger partial charge in [0.25, 0.3) is 5.91 Å². The molecule has 1 aliphatic carbocycles. The highest BCUT2D eigenvalue weighted by Crippen LogP contribution is 2.25. The van der Waals surface area contributed by atoms with Crippen LogP contribution < -0.4 is 5.73 Å². The van der Waals surface area contributed by atoms with Gasteiger partial charge in [-0.1, -0.05) is 12.5 Å². The Balaban J connectivity index is 0.00000110. The van der Waals surface area contributed by atoms with Crippen LogP contribution in [0.15, 0.2) is 24.3 Å². The SMILES string of the molecule is Cl.Cl.Nc1cccc(C(=O)N2CCN(C3CCC3)CC2)c1. The maximum atomic E-state index is 12.4. The van der Waals surface area contributed by atoms with Gasteiger partial charge in [-0.2, -0.15) is 0 Å². The molecule has 1 saturated carbocycles. The van der Waals surface area contributed by atoms with Gasteiger partial charge in [-0.15, -0.1) is 24.8 Å². The first-order chi connectivity index (χ1) is 9.24. The third-order valence-corrected chi connectivity index (χ3v) is 4.33. The van der Waals surface area contributed by atoms with Crippen molar-refractivity contribution >= 4 is 36.4 Å². The second-order valence-electron chi connectivity index (χ2n) is 5.54. The highest BCUT2D eigenvalue weighted by molar-refractivity contribution is 5.95. The van der Waals surface area contributed by atoms with E-state index in [1.165, 1.54) is 19.3 Å². The van der Waals surface area contributed by atoms with Gasteiger partial charge in [-0.05, 0) is 31.0 Å². The number of nitrogen functional groups attached to an aromatic ring is 1. The smallest absolute Gasteiger partial charge is 0.254 e. The number of piperazine rings is 1. The Bertz CT molecular complexity index is 472. The third kappa shape index (κ3) is 4.02. The molecule has 0 atom stereocenters. The molecule has 1 heterocycles. The Kier molecular flexibility index (Phi) is 6.78. The topological polar surface area (TPSA) is 49.6 Å². The van der Waals surface area contributed by atoms with E-state index in [0.717, 1.165) is 32.2 Å². The highest BCUT2D eigenvalue weighted by Gasteiger charge is 2.29. The Morgan fingerprint density at radius 1 is 1.10 bits per heavy atom. The number of hydrogen-bond acceptors (Lipinski definition) is 3. The molecule has 1 aromatic rings. The van der Waals surface area contributed by atoms with Crippen molar-refractivity contribution in [3.8, 4) is 0 Å². The van der Waals surface area contributed by atoms with Crippen molar-refractivity contribution in [2.24, 2.45) is 0 Å². The van der Waals surface area contributed by atoms with Crippen LogP contribution >= 0.6 is 24.8 Å². The molecule has 2 fully saturated rings. The summed E-state index contributed by atoms with van der Waals surface area (Å²) >= 11 is 0. The number of amides is 1. The summed E-state index contributed by atoms with van der Waals surface area (Å²) in [5.41, 5.74) is 7.09. The summed E-state index contributed by atoms with van der Waals surface area (Å²) in [6, 6.07) is 8.04. The molecular formula is C15H23Cl2N3O. The number of carbonyl (C=O) groups is 1. The standard InChI is InChI=1S/C15H21N3O.2ClH/c16-13-4-1-3-12(11-13)15(19)18-9-7-17(8-10-18)14-5-2-6-14;;/h1,3-4,11,14H,2,5-10,16H2;2*1H. The lowest BCUT2D eigenvalue weighted by Gasteiger charge is -2.42. The second-order valence-corrected chi connectivity index (χ2v) is 5.54. The maximum Gasteiger partial charge on any atom is 0.254 e. The van der Waals surface area contributed by atoms with Crippen LogP contribution in [-0.4, -0.2) is 47.9 Å². The predicted octanol–water partition coefficient (Wildman–Crippen LogP) is 2.42. The van der Waals surface area contributed by atoms with Crippen molar-refractivity contribution in [3.63, 3.8) is 0 Å². The quantitative estimate of drug-likeness (QED) is 0.846. The minimum atomic E-state index is 0. The van der Waals surface area contributed by atoms with Gasteiger partial charge < -0.3 is 10.6 Å². The minimum Gasteiger partial charge on any atom is -0.399 e. The maximum absolute atomic E-state index is 12.4. The van der Waals surface area contributed by atoms with Crippen LogP contribution in [0.1, 0.15) is 29.6 Å². The van der Waals surface area contributed by atoms with Gasteiger partial charge in [-0.25, -0.2) is 0 Å². The summed E-state index contributed by atoms with van der Waals surface area (Å²) in [4.78, 5) is 16.8. The molecule has 0 unspecified atom stereocenters. The van der Waals surface area contributed by atoms with E-state index in [4.69, 9.17) is 5.73 Å². The molecule has 0 spiro atoms. The molecule has 3 rings (SSSR count). The molecule has 6 heteroatoms. The molecular weight excluding hydrogens is 309 g/mol. The number of rotatable bonds is 2. The first kappa shape index (κ1) is 18.1. The summed E-state index contributed by atoms with van der Waals surface area (Å²) in [6.07, 6.45) is 4.04. The van der Waals surface area contributed by atoms with Crippen LogP contribution in [0.3, 0.4) is 0 Å². The molecule has 2 aliphatic rings. The summed E-state index contributed by atoms with van der Waals surface area (Å²) < 4.78 is 0. The fourth-order valence-corrected chi connectivity index (χ4v) is 2.90. The molecule has 21 heavy (non-hydrogen) atoms. The second kappa shape index (κ2) is 7.87. The summed E-state index contributed by atoms with van der Waals surface area (Å²) in [6.45, 7) is 3.70. The number of hydrogen-bond donors (Lipinski definition) is 1. The van der Waals surface area contributed by atoms with Crippen molar-refractivity contribution in [2.45, 2.75) is 25.3 Å². The van der Waals surface area contributed by atoms with Gasteiger partial charge >= 0.3 is 0 Å². The van der Waals surface area contributed by atoms with E-state index in [1.54, 1.807) is 6.07 Å². The molecule has 0 bridgehead atoms. The van der Waals surface area contributed by atoms with Crippen LogP contribution in [0.5, 0.6) is 0 Å². The summed E-state index contributed by atoms with van der Waals surface area (Å²) in [5.74, 6) is 0.112. The van der Waals surface area contributed by atoms with E-state index in [0.29, 0.717) is 11.3 Å². The van der Waals surface area contributed by atoms with E-state index in [1.807, 2.05) is 23.1 Å². The van der Waals surface area contributed by atoms with E-state index in [-0.39, 0.29) is 30.7 Å². The molecule has 1 aromatic carbocycles. The Morgan fingerprint density at radius 2 is 1.76 bits per heavy atom. The first-order valence-corrected chi connectivity index (χ1v) is 7.13. The van der Waals surface area contributed by atoms with Crippen molar-refractivity contribution in [3.05, 3.63) is 29.8 Å². The van der Waals surface area contributed by atoms with E-state index in [9.17, 15) is 4.79 Å². The Hall–Kier alpha value is -0.970. The zero-order chi connectivity index (χ0) is 13.2. The van der Waals surface area contributed by atoms with Gasteiger partial charge in [0.2, 0.25) is 0 Å². The lowest BCUT2D eigenvalue weighted by molar-refractivity contribution is 0.0455. The Morgan fingerprint density at radius 3 is 2.29 bits per heavy atom. The van der Waals surface area contributed by atoms with Crippen LogP contribution in [0.2, 0.25) is 0 Å². The molecule has 0 radical (unpaired) electrons. The molecule has 2 N–H and O–H groups in total. The fraction of sp³-hybridized carbons (Fsp3) is 0.533. The normalized spacial score (nSPS) is 19.1. The molecule has 118 valence electrons. The Labute approximate surface area is 138 Å². The third-order valence-electron chi connectivity index (χ3n) is 4.33. The number of benzene rings is 1. The minimum absolute atomic E-state index is 0. The van der Waals surface area contributed by atoms with Gasteiger partial charge in [0, 0.05) is 43.5 Å². The van der Waals surface area contributed by atoms with Gasteiger partial charge in [0.05, 0.1) is 0 Å². The van der Waals surface area contributed by atoms with E-state index >= 15 is 0 Å². The summed E-state index contributed by atoms with van der Waals surface area (Å²) in [7, 11) is 0. The number of carbonyl (C=O) groups excluding carboxylic acids is 1. The highest BCUT2D eigenvalue weighted by atomic mass is 35.5. The van der Waals surface area contributed by atoms with Gasteiger partial charge in [0.15, 0.2) is 0 Å². The average Bonchev–Trinajstić information content (AvgIpc) is 2.37. The predicted molar refractivity (Wildman–Crippen MR) is 90.5 cm³/mol. The van der Waals surface area contributed by atoms with Crippen molar-refractivity contribution in [2.75, 3.05) is 31.9 Å². The van der Waals surface area contributed by atoms with Crippen LogP contribution in [0.4, 0.5) is 5.69 Å². The van der Waals surface area contributed by atoms with Crippen molar-refractivity contribution in [1.29, 1.82) is 0 Å². The molecule has 1 amide bonds. The van der Waals surface area contributed by atoms with E-state index in [2.05, 4.69) is 4.90 Å². The zero-order valence-corrected chi connectivity index (χ0v) is 13.7. The van der Waals surface area contributed by atoms with Crippen molar-refractivity contribution in [1.82, 2.24) is 9.80 Å². The van der Waals surface area contributed by atoms with Crippen LogP contribution in [0.25, 0.3) is 0 Å². The number of anilines is 1. The largest absolute Gasteiger partial charge is 0.399 e. The van der Waals surface area contributed by atoms with E-state index < -0.39 is 0 Å². The molecule has 0 aromatic heterocycles. The number of nitrogens with zero attached hydrogens (tertiary/aromatic N) is 2. The molecule has 1 aliphatic heterocycles. The lowest BCUT2D eigenvalue weighted by Crippen LogP contribution is -2.53. The van der Waals surface area contributed by atoms with Crippen molar-refractivity contribution < 1.29 is 4.79 Å². The number of nitrogens with two attached hydrogens (primary N) is 1. The average molecular weight is 332 g/mol. The zero-order valence-electron chi connectivity index (χ0n) is 12.0. The molecule has 4 nitrogen and oxygen atoms in total. The lowest BCUT2D eigenvalue weighted by atomic mass is 9.91. The monoisotopic (exact) mass is 331 g/mol. The van der Waals surface area contributed by atoms with Gasteiger partial charge in [0.1, 0.15) is 0 Å². The number of halogens is 2. The molecule has 1 saturated heterocycles. The first-order valence-electron chi connectivity index (χ1n) is 7.13. The van der Waals surface area contributed by atoms with Crippen LogP contribution in [0, 0.1) is 0 Å². The summed E-state index contributed by atoms with van der Waals surface area (Å²) in [5, 5.41) is 0.